The van der Waals surface area contributed by atoms with Gasteiger partial charge < -0.3 is 14.6 Å². The van der Waals surface area contributed by atoms with Crippen LogP contribution in [0.4, 0.5) is 0 Å². The van der Waals surface area contributed by atoms with Gasteiger partial charge in [0.1, 0.15) is 6.10 Å². The van der Waals surface area contributed by atoms with Gasteiger partial charge in [-0.15, -0.1) is 0 Å². The van der Waals surface area contributed by atoms with Crippen LogP contribution >= 0.6 is 0 Å². The predicted octanol–water partition coefficient (Wildman–Crippen LogP) is 1.88. The van der Waals surface area contributed by atoms with Gasteiger partial charge in [0.2, 0.25) is 0 Å². The van der Waals surface area contributed by atoms with Crippen LogP contribution in [0.1, 0.15) is 39.5 Å². The highest BCUT2D eigenvalue weighted by atomic mass is 16.6. The van der Waals surface area contributed by atoms with Gasteiger partial charge in [-0.05, 0) is 45.1 Å². The van der Waals surface area contributed by atoms with Gasteiger partial charge in [0.25, 0.3) is 0 Å². The summed E-state index contributed by atoms with van der Waals surface area (Å²) in [6.45, 7) is 3.95. The van der Waals surface area contributed by atoms with Crippen LogP contribution < -0.4 is 0 Å². The Labute approximate surface area is 113 Å². The molecular weight excluding hydrogens is 244 g/mol. The molecule has 3 rings (SSSR count). The fourth-order valence-electron chi connectivity index (χ4n) is 3.14. The molecule has 2 aliphatic heterocycles. The van der Waals surface area contributed by atoms with E-state index in [1.807, 2.05) is 0 Å². The average molecular weight is 264 g/mol. The maximum absolute atomic E-state index is 11.8. The van der Waals surface area contributed by atoms with Gasteiger partial charge in [-0.3, -0.25) is 0 Å². The fourth-order valence-corrected chi connectivity index (χ4v) is 3.14. The molecule has 4 heteroatoms. The Morgan fingerprint density at radius 2 is 2.26 bits per heavy atom. The number of esters is 1. The van der Waals surface area contributed by atoms with E-state index in [0.717, 1.165) is 31.3 Å². The molecule has 0 aromatic heterocycles. The lowest BCUT2D eigenvalue weighted by molar-refractivity contribution is -0.140. The van der Waals surface area contributed by atoms with Gasteiger partial charge in [0, 0.05) is 0 Å². The highest BCUT2D eigenvalue weighted by molar-refractivity contribution is 5.92. The SMILES string of the molecule is CC1=CCCC2(C)OC2C2OC(=O)C(CO)=C2CC1. The fraction of sp³-hybridized carbons (Fsp3) is 0.667. The maximum Gasteiger partial charge on any atom is 0.337 e. The second kappa shape index (κ2) is 4.46. The molecule has 0 aromatic rings. The minimum Gasteiger partial charge on any atom is -0.451 e. The van der Waals surface area contributed by atoms with Crippen LogP contribution in [-0.2, 0) is 14.3 Å². The molecule has 4 nitrogen and oxygen atoms in total. The van der Waals surface area contributed by atoms with Crippen molar-refractivity contribution >= 4 is 5.97 Å². The zero-order valence-electron chi connectivity index (χ0n) is 11.4. The number of rotatable bonds is 1. The van der Waals surface area contributed by atoms with E-state index < -0.39 is 0 Å². The van der Waals surface area contributed by atoms with Gasteiger partial charge >= 0.3 is 5.97 Å². The van der Waals surface area contributed by atoms with Crippen molar-refractivity contribution in [1.82, 2.24) is 0 Å². The average Bonchev–Trinajstić information content (AvgIpc) is 2.92. The van der Waals surface area contributed by atoms with Crippen molar-refractivity contribution in [3.63, 3.8) is 0 Å². The molecule has 3 unspecified atom stereocenters. The lowest BCUT2D eigenvalue weighted by atomic mass is 9.88. The number of carbonyl (C=O) groups excluding carboxylic acids is 1. The van der Waals surface area contributed by atoms with Gasteiger partial charge in [-0.1, -0.05) is 11.6 Å². The van der Waals surface area contributed by atoms with E-state index in [9.17, 15) is 9.90 Å². The minimum atomic E-state index is -0.374. The van der Waals surface area contributed by atoms with Crippen LogP contribution in [0.3, 0.4) is 0 Å². The molecule has 0 amide bonds. The van der Waals surface area contributed by atoms with Gasteiger partial charge in [-0.2, -0.15) is 0 Å². The van der Waals surface area contributed by atoms with Crippen molar-refractivity contribution < 1.29 is 19.4 Å². The monoisotopic (exact) mass is 264 g/mol. The summed E-state index contributed by atoms with van der Waals surface area (Å²) < 4.78 is 11.2. The lowest BCUT2D eigenvalue weighted by Crippen LogP contribution is -2.25. The number of fused-ring (bicyclic) bond motifs is 3. The summed E-state index contributed by atoms with van der Waals surface area (Å²) >= 11 is 0. The molecule has 3 atom stereocenters. The molecule has 1 aliphatic carbocycles. The van der Waals surface area contributed by atoms with E-state index in [1.54, 1.807) is 0 Å². The van der Waals surface area contributed by atoms with Gasteiger partial charge in [0.05, 0.1) is 17.8 Å². The predicted molar refractivity (Wildman–Crippen MR) is 69.5 cm³/mol. The molecule has 2 heterocycles. The number of hydrogen-bond acceptors (Lipinski definition) is 4. The third-order valence-electron chi connectivity index (χ3n) is 4.51. The molecule has 0 saturated carbocycles. The first kappa shape index (κ1) is 12.9. The number of hydrogen-bond donors (Lipinski definition) is 1. The van der Waals surface area contributed by atoms with E-state index in [0.29, 0.717) is 5.57 Å². The van der Waals surface area contributed by atoms with Crippen molar-refractivity contribution in [2.75, 3.05) is 6.61 Å². The largest absolute Gasteiger partial charge is 0.451 e. The summed E-state index contributed by atoms with van der Waals surface area (Å²) in [4.78, 5) is 11.8. The smallest absolute Gasteiger partial charge is 0.337 e. The molecule has 0 aromatic carbocycles. The molecule has 1 N–H and O–H groups in total. The number of ether oxygens (including phenoxy) is 2. The molecule has 1 fully saturated rings. The van der Waals surface area contributed by atoms with Gasteiger partial charge in [-0.25, -0.2) is 4.79 Å². The van der Waals surface area contributed by atoms with E-state index in [1.165, 1.54) is 5.57 Å². The molecule has 1 saturated heterocycles. The summed E-state index contributed by atoms with van der Waals surface area (Å²) in [5, 5.41) is 9.38. The minimum absolute atomic E-state index is 0.0395. The normalized spacial score (nSPS) is 38.3. The standard InChI is InChI=1S/C15H20O4/c1-9-4-3-7-15(2)13(19-15)12-10(6-5-9)11(8-16)14(17)18-12/h4,12-13,16H,3,5-8H2,1-2H3. The summed E-state index contributed by atoms with van der Waals surface area (Å²) in [7, 11) is 0. The Bertz CT molecular complexity index is 477. The molecule has 19 heavy (non-hydrogen) atoms. The van der Waals surface area contributed by atoms with E-state index in [-0.39, 0.29) is 30.4 Å². The first-order chi connectivity index (χ1) is 9.05. The van der Waals surface area contributed by atoms with E-state index in [4.69, 9.17) is 9.47 Å². The summed E-state index contributed by atoms with van der Waals surface area (Å²) in [5.41, 5.74) is 2.52. The Morgan fingerprint density at radius 3 is 3.00 bits per heavy atom. The summed E-state index contributed by atoms with van der Waals surface area (Å²) in [6, 6.07) is 0. The molecular formula is C15H20O4. The Hall–Kier alpha value is -1.13. The van der Waals surface area contributed by atoms with Crippen molar-refractivity contribution in [1.29, 1.82) is 0 Å². The summed E-state index contributed by atoms with van der Waals surface area (Å²) in [6.07, 6.45) is 5.56. The molecule has 0 spiro atoms. The van der Waals surface area contributed by atoms with Crippen molar-refractivity contribution in [3.8, 4) is 0 Å². The number of epoxide rings is 1. The molecule has 0 radical (unpaired) electrons. The maximum atomic E-state index is 11.8. The second-order valence-electron chi connectivity index (χ2n) is 5.93. The van der Waals surface area contributed by atoms with Crippen molar-refractivity contribution in [2.24, 2.45) is 0 Å². The molecule has 0 bridgehead atoms. The van der Waals surface area contributed by atoms with Crippen LogP contribution in [0.25, 0.3) is 0 Å². The first-order valence-electron chi connectivity index (χ1n) is 6.92. The van der Waals surface area contributed by atoms with Crippen LogP contribution in [0.5, 0.6) is 0 Å². The second-order valence-corrected chi connectivity index (χ2v) is 5.93. The molecule has 3 aliphatic rings. The Kier molecular flexibility index (Phi) is 3.02. The first-order valence-corrected chi connectivity index (χ1v) is 6.92. The van der Waals surface area contributed by atoms with Crippen LogP contribution in [0.2, 0.25) is 0 Å². The Balaban J connectivity index is 1.94. The third-order valence-corrected chi connectivity index (χ3v) is 4.51. The van der Waals surface area contributed by atoms with E-state index >= 15 is 0 Å². The third kappa shape index (κ3) is 2.13. The quantitative estimate of drug-likeness (QED) is 0.446. The zero-order valence-corrected chi connectivity index (χ0v) is 11.4. The molecule has 104 valence electrons. The van der Waals surface area contributed by atoms with Gasteiger partial charge in [0.15, 0.2) is 6.10 Å². The number of allylic oxidation sites excluding steroid dienone is 2. The summed E-state index contributed by atoms with van der Waals surface area (Å²) in [5.74, 6) is -0.374. The van der Waals surface area contributed by atoms with Crippen LogP contribution in [-0.4, -0.2) is 35.5 Å². The topological polar surface area (TPSA) is 59.1 Å². The number of aliphatic hydroxyl groups is 1. The number of carbonyl (C=O) groups is 1. The lowest BCUT2D eigenvalue weighted by Gasteiger charge is -2.16. The Morgan fingerprint density at radius 1 is 1.47 bits per heavy atom. The van der Waals surface area contributed by atoms with Crippen LogP contribution in [0.15, 0.2) is 22.8 Å². The van der Waals surface area contributed by atoms with Crippen molar-refractivity contribution in [3.05, 3.63) is 22.8 Å². The van der Waals surface area contributed by atoms with E-state index in [2.05, 4.69) is 19.9 Å². The number of aliphatic hydroxyl groups excluding tert-OH is 1. The van der Waals surface area contributed by atoms with Crippen LogP contribution in [0, 0.1) is 0 Å². The van der Waals surface area contributed by atoms with Crippen molar-refractivity contribution in [2.45, 2.75) is 57.3 Å². The zero-order chi connectivity index (χ0) is 13.6. The highest BCUT2D eigenvalue weighted by Crippen LogP contribution is 2.48. The highest BCUT2D eigenvalue weighted by Gasteiger charge is 2.59.